The molecule has 0 aliphatic carbocycles. The van der Waals surface area contributed by atoms with E-state index in [1.165, 1.54) is 0 Å². The van der Waals surface area contributed by atoms with E-state index in [0.29, 0.717) is 27.2 Å². The second kappa shape index (κ2) is 8.45. The normalized spacial score (nSPS) is 12.7. The fourth-order valence-electron chi connectivity index (χ4n) is 3.21. The third-order valence-electron chi connectivity index (χ3n) is 4.53. The van der Waals surface area contributed by atoms with Crippen molar-refractivity contribution in [3.63, 3.8) is 0 Å². The van der Waals surface area contributed by atoms with Gasteiger partial charge in [0.2, 0.25) is 0 Å². The lowest BCUT2D eigenvalue weighted by Gasteiger charge is -2.17. The van der Waals surface area contributed by atoms with Crippen LogP contribution in [0, 0.1) is 0 Å². The molecular weight excluding hydrogens is 457 g/mol. The van der Waals surface area contributed by atoms with Gasteiger partial charge in [-0.3, -0.25) is 10.1 Å². The Balaban J connectivity index is 1.63. The molecule has 10 heteroatoms. The van der Waals surface area contributed by atoms with Crippen molar-refractivity contribution in [3.8, 4) is 17.0 Å². The minimum atomic E-state index is -2.15. The SMILES string of the molecule is C[C@@H](Oc1ccc2[nH]nc(-c3ccc(N[S+](C)(C)=O)nc3)c2c1)c1c(Cl)cncc1Cl. The molecule has 4 rings (SSSR count). The van der Waals surface area contributed by atoms with Crippen LogP contribution in [0.5, 0.6) is 5.75 Å². The van der Waals surface area contributed by atoms with Gasteiger partial charge in [0.1, 0.15) is 30.1 Å². The Morgan fingerprint density at radius 2 is 1.84 bits per heavy atom. The maximum absolute atomic E-state index is 11.9. The Morgan fingerprint density at radius 3 is 2.48 bits per heavy atom. The highest BCUT2D eigenvalue weighted by Crippen LogP contribution is 2.34. The monoisotopic (exact) mass is 476 g/mol. The van der Waals surface area contributed by atoms with Gasteiger partial charge in [-0.2, -0.15) is 9.82 Å². The number of aromatic amines is 1. The number of pyridine rings is 2. The summed E-state index contributed by atoms with van der Waals surface area (Å²) in [4.78, 5) is 8.33. The Bertz CT molecular complexity index is 1270. The van der Waals surface area contributed by atoms with E-state index in [9.17, 15) is 4.21 Å². The van der Waals surface area contributed by atoms with Gasteiger partial charge in [0.15, 0.2) is 15.9 Å². The third kappa shape index (κ3) is 4.81. The fourth-order valence-corrected chi connectivity index (χ4v) is 4.50. The molecule has 4 aromatic rings. The molecule has 1 aromatic carbocycles. The van der Waals surface area contributed by atoms with Crippen LogP contribution in [0.3, 0.4) is 0 Å². The Labute approximate surface area is 190 Å². The molecule has 1 atom stereocenters. The van der Waals surface area contributed by atoms with Gasteiger partial charge in [0, 0.05) is 35.1 Å². The topological polar surface area (TPSA) is 92.8 Å². The van der Waals surface area contributed by atoms with Crippen molar-refractivity contribution < 1.29 is 8.95 Å². The standard InChI is InChI=1S/C21H20Cl2N5O2S/c1-12(20-16(22)10-24-11-17(20)23)30-14-5-6-18-15(8-14)21(27-26-18)13-4-7-19(25-9-13)28-31(2,3)29/h4-12H,1-3H3,(H,26,27)(H,25,28,29)/q+1/t12-/m1/s1. The molecule has 2 N–H and O–H groups in total. The van der Waals surface area contributed by atoms with Crippen molar-refractivity contribution in [2.24, 2.45) is 0 Å². The van der Waals surface area contributed by atoms with Crippen molar-refractivity contribution in [2.45, 2.75) is 13.0 Å². The molecule has 0 unspecified atom stereocenters. The molecule has 0 radical (unpaired) electrons. The molecule has 0 saturated carbocycles. The van der Waals surface area contributed by atoms with Crippen LogP contribution in [-0.2, 0) is 14.3 Å². The molecule has 0 saturated heterocycles. The number of H-pyrrole nitrogens is 1. The zero-order valence-electron chi connectivity index (χ0n) is 17.0. The number of benzene rings is 1. The number of nitrogens with zero attached hydrogens (tertiary/aromatic N) is 3. The summed E-state index contributed by atoms with van der Waals surface area (Å²) in [7, 11) is -2.15. The van der Waals surface area contributed by atoms with E-state index < -0.39 is 10.1 Å². The van der Waals surface area contributed by atoms with Gasteiger partial charge in [-0.25, -0.2) is 4.98 Å². The highest BCUT2D eigenvalue weighted by molar-refractivity contribution is 8.02. The van der Waals surface area contributed by atoms with Gasteiger partial charge in [-0.05, 0) is 37.3 Å². The highest BCUT2D eigenvalue weighted by atomic mass is 35.5. The minimum Gasteiger partial charge on any atom is -0.486 e. The maximum atomic E-state index is 11.9. The molecule has 3 heterocycles. The van der Waals surface area contributed by atoms with Gasteiger partial charge in [-0.1, -0.05) is 27.4 Å². The van der Waals surface area contributed by atoms with Gasteiger partial charge in [-0.15, -0.1) is 0 Å². The van der Waals surface area contributed by atoms with Gasteiger partial charge in [0.05, 0.1) is 15.6 Å². The molecule has 0 fully saturated rings. The molecule has 0 spiro atoms. The lowest BCUT2D eigenvalue weighted by molar-refractivity contribution is 0.227. The first-order valence-electron chi connectivity index (χ1n) is 9.33. The van der Waals surface area contributed by atoms with Crippen LogP contribution in [0.15, 0.2) is 48.9 Å². The first-order valence-corrected chi connectivity index (χ1v) is 12.5. The Morgan fingerprint density at radius 1 is 1.10 bits per heavy atom. The number of hydrogen-bond acceptors (Lipinski definition) is 5. The van der Waals surface area contributed by atoms with Crippen LogP contribution in [0.4, 0.5) is 5.82 Å². The number of aromatic nitrogens is 4. The van der Waals surface area contributed by atoms with Crippen molar-refractivity contribution in [1.29, 1.82) is 0 Å². The van der Waals surface area contributed by atoms with E-state index >= 15 is 0 Å². The quantitative estimate of drug-likeness (QED) is 0.355. The van der Waals surface area contributed by atoms with Crippen molar-refractivity contribution in [3.05, 3.63) is 64.5 Å². The first-order chi connectivity index (χ1) is 14.7. The van der Waals surface area contributed by atoms with Crippen LogP contribution < -0.4 is 9.46 Å². The molecule has 3 aromatic heterocycles. The predicted octanol–water partition coefficient (Wildman–Crippen LogP) is 5.55. The number of fused-ring (bicyclic) bond motifs is 1. The smallest absolute Gasteiger partial charge is 0.172 e. The fraction of sp³-hybridized carbons (Fsp3) is 0.190. The van der Waals surface area contributed by atoms with Crippen molar-refractivity contribution in [2.75, 3.05) is 17.2 Å². The van der Waals surface area contributed by atoms with Gasteiger partial charge < -0.3 is 4.74 Å². The molecule has 0 aliphatic rings. The summed E-state index contributed by atoms with van der Waals surface area (Å²) < 4.78 is 20.9. The lowest BCUT2D eigenvalue weighted by Crippen LogP contribution is -2.17. The van der Waals surface area contributed by atoms with Crippen molar-refractivity contribution in [1.82, 2.24) is 20.2 Å². The summed E-state index contributed by atoms with van der Waals surface area (Å²) in [6.07, 6.45) is 7.65. The maximum Gasteiger partial charge on any atom is 0.172 e. The van der Waals surface area contributed by atoms with Crippen LogP contribution in [0.2, 0.25) is 10.0 Å². The number of hydrogen-bond donors (Lipinski definition) is 2. The van der Waals surface area contributed by atoms with E-state index in [-0.39, 0.29) is 6.10 Å². The number of nitrogens with one attached hydrogen (secondary N) is 2. The molecule has 0 bridgehead atoms. The largest absolute Gasteiger partial charge is 0.486 e. The molecule has 160 valence electrons. The molecule has 0 amide bonds. The zero-order valence-corrected chi connectivity index (χ0v) is 19.3. The lowest BCUT2D eigenvalue weighted by atomic mass is 10.1. The van der Waals surface area contributed by atoms with Crippen LogP contribution >= 0.6 is 23.2 Å². The third-order valence-corrected chi connectivity index (χ3v) is 5.83. The average Bonchev–Trinajstić information content (AvgIpc) is 3.10. The number of rotatable bonds is 6. The van der Waals surface area contributed by atoms with Crippen LogP contribution in [0.25, 0.3) is 22.2 Å². The number of ether oxygens (including phenoxy) is 1. The summed E-state index contributed by atoms with van der Waals surface area (Å²) >= 11 is 12.5. The van der Waals surface area contributed by atoms with Gasteiger partial charge in [0.25, 0.3) is 0 Å². The van der Waals surface area contributed by atoms with E-state index in [1.807, 2.05) is 31.2 Å². The van der Waals surface area contributed by atoms with E-state index in [4.69, 9.17) is 27.9 Å². The highest BCUT2D eigenvalue weighted by Gasteiger charge is 2.18. The summed E-state index contributed by atoms with van der Waals surface area (Å²) in [5.74, 6) is 1.19. The second-order valence-corrected chi connectivity index (χ2v) is 10.8. The van der Waals surface area contributed by atoms with Gasteiger partial charge >= 0.3 is 0 Å². The van der Waals surface area contributed by atoms with Crippen LogP contribution in [0.1, 0.15) is 18.6 Å². The van der Waals surface area contributed by atoms with Crippen molar-refractivity contribution >= 4 is 50.0 Å². The van der Waals surface area contributed by atoms with E-state index in [1.54, 1.807) is 37.2 Å². The summed E-state index contributed by atoms with van der Waals surface area (Å²) in [5, 5.41) is 9.24. The Kier molecular flexibility index (Phi) is 5.88. The molecule has 7 nitrogen and oxygen atoms in total. The number of halogens is 2. The Hall–Kier alpha value is -2.68. The second-order valence-electron chi connectivity index (χ2n) is 7.32. The summed E-state index contributed by atoms with van der Waals surface area (Å²) in [6.45, 7) is 1.88. The van der Waals surface area contributed by atoms with E-state index in [2.05, 4.69) is 24.9 Å². The first kappa shape index (κ1) is 21.5. The summed E-state index contributed by atoms with van der Waals surface area (Å²) in [5.41, 5.74) is 3.10. The molecule has 0 aliphatic heterocycles. The molecular formula is C21H20Cl2N5O2S+. The predicted molar refractivity (Wildman–Crippen MR) is 126 cm³/mol. The average molecular weight is 477 g/mol. The molecule has 31 heavy (non-hydrogen) atoms. The van der Waals surface area contributed by atoms with Crippen LogP contribution in [-0.4, -0.2) is 32.7 Å². The minimum absolute atomic E-state index is 0.374. The summed E-state index contributed by atoms with van der Waals surface area (Å²) in [6, 6.07) is 9.32. The number of anilines is 1. The van der Waals surface area contributed by atoms with E-state index in [0.717, 1.165) is 22.2 Å². The zero-order chi connectivity index (χ0) is 22.2.